The average molecular weight is 532 g/mol. The fraction of sp³-hybridized carbons (Fsp3) is 0.321. The summed E-state index contributed by atoms with van der Waals surface area (Å²) >= 11 is 1.20. The van der Waals surface area contributed by atoms with Crippen molar-refractivity contribution in [2.24, 2.45) is 4.99 Å². The summed E-state index contributed by atoms with van der Waals surface area (Å²) in [5.74, 6) is 0.246. The van der Waals surface area contributed by atoms with Gasteiger partial charge in [0.15, 0.2) is 5.17 Å². The van der Waals surface area contributed by atoms with E-state index in [2.05, 4.69) is 46.6 Å². The first-order valence-corrected chi connectivity index (χ1v) is 13.8. The molecule has 0 spiro atoms. The summed E-state index contributed by atoms with van der Waals surface area (Å²) in [4.78, 5) is 33.9. The van der Waals surface area contributed by atoms with Crippen molar-refractivity contribution >= 4 is 46.4 Å². The maximum atomic E-state index is 13.4. The Labute approximate surface area is 226 Å². The number of para-hydroxylation sites is 1. The normalized spacial score (nSPS) is 16.9. The predicted molar refractivity (Wildman–Crippen MR) is 149 cm³/mol. The topological polar surface area (TPSA) is 94.9 Å². The monoisotopic (exact) mass is 531 g/mol. The molecule has 2 aliphatic rings. The molecule has 10 heteroatoms. The Bertz CT molecular complexity index is 1340. The molecular weight excluding hydrogens is 500 g/mol. The molecule has 3 aromatic rings. The Kier molecular flexibility index (Phi) is 7.88. The Hall–Kier alpha value is -3.92. The number of nitrogens with one attached hydrogen (secondary N) is 1. The summed E-state index contributed by atoms with van der Waals surface area (Å²) in [5.41, 5.74) is 3.15. The number of thioether (sulfide) groups is 1. The molecule has 0 unspecified atom stereocenters. The second-order valence-corrected chi connectivity index (χ2v) is 10.5. The van der Waals surface area contributed by atoms with Gasteiger partial charge >= 0.3 is 5.88 Å². The second-order valence-electron chi connectivity index (χ2n) is 9.56. The third-order valence-electron chi connectivity index (χ3n) is 6.42. The van der Waals surface area contributed by atoms with Crippen molar-refractivity contribution < 1.29 is 18.9 Å². The minimum absolute atomic E-state index is 0.0518. The van der Waals surface area contributed by atoms with Crippen LogP contribution in [0.15, 0.2) is 76.0 Å². The molecule has 1 aromatic heterocycles. The van der Waals surface area contributed by atoms with Crippen molar-refractivity contribution in [2.45, 2.75) is 39.0 Å². The van der Waals surface area contributed by atoms with Crippen molar-refractivity contribution in [1.29, 1.82) is 0 Å². The van der Waals surface area contributed by atoms with Crippen LogP contribution in [0, 0.1) is 0 Å². The fourth-order valence-electron chi connectivity index (χ4n) is 4.34. The first-order valence-electron chi connectivity index (χ1n) is 12.8. The van der Waals surface area contributed by atoms with Crippen LogP contribution in [0.5, 0.6) is 0 Å². The number of amides is 2. The zero-order valence-electron chi connectivity index (χ0n) is 21.5. The lowest BCUT2D eigenvalue weighted by Crippen LogP contribution is -2.60. The minimum Gasteiger partial charge on any atom is -0.288 e. The highest BCUT2D eigenvalue weighted by molar-refractivity contribution is 8.14. The zero-order chi connectivity index (χ0) is 26.5. The van der Waals surface area contributed by atoms with Crippen LogP contribution >= 0.6 is 11.8 Å². The van der Waals surface area contributed by atoms with Crippen molar-refractivity contribution in [3.8, 4) is 0 Å². The van der Waals surface area contributed by atoms with E-state index in [4.69, 9.17) is 4.52 Å². The highest BCUT2D eigenvalue weighted by Gasteiger charge is 2.32. The Morgan fingerprint density at radius 1 is 1.11 bits per heavy atom. The number of carbonyl (C=O) groups excluding carboxylic acids is 2. The number of piperidine rings is 1. The van der Waals surface area contributed by atoms with Crippen LogP contribution in [0.25, 0.3) is 6.08 Å². The number of carbonyl (C=O) groups is 2. The molecule has 3 heterocycles. The Balaban J connectivity index is 1.29. The molecule has 0 bridgehead atoms. The minimum atomic E-state index is -0.276. The van der Waals surface area contributed by atoms with Gasteiger partial charge in [-0.15, -0.1) is 0 Å². The number of hydrogen-bond donors (Lipinski definition) is 1. The van der Waals surface area contributed by atoms with Gasteiger partial charge in [0, 0.05) is 0 Å². The highest BCUT2D eigenvalue weighted by atomic mass is 32.2. The van der Waals surface area contributed by atoms with Gasteiger partial charge in [-0.2, -0.15) is 5.01 Å². The van der Waals surface area contributed by atoms with Gasteiger partial charge in [-0.1, -0.05) is 68.1 Å². The standard InChI is InChI=1S/C28H30N6O3S/c1-20(2)22-13-11-21(12-14-22)17-24-27(36)34(23-9-5-3-6-10-23)28(29-24)38-19-25(35)30-26-18-33(31-37-26)32-15-7-4-8-16-32/h3,5-6,9-14,17-18,20H,4,7-8,15-16,19H2,1-2H3/p+1/b24-17+. The van der Waals surface area contributed by atoms with Gasteiger partial charge in [-0.3, -0.25) is 24.3 Å². The SMILES string of the molecule is CC(C)c1ccc(/C=C2/N=C(SCC(=O)Nc3c[n+](N4CCCCC4)no3)N(c3ccccc3)C2=O)cc1. The third kappa shape index (κ3) is 5.96. The Morgan fingerprint density at radius 3 is 2.55 bits per heavy atom. The number of nitrogens with zero attached hydrogens (tertiary/aromatic N) is 5. The van der Waals surface area contributed by atoms with E-state index in [9.17, 15) is 9.59 Å². The molecule has 38 heavy (non-hydrogen) atoms. The second kappa shape index (κ2) is 11.6. The van der Waals surface area contributed by atoms with Crippen LogP contribution in [0.4, 0.5) is 11.6 Å². The molecule has 196 valence electrons. The molecule has 9 nitrogen and oxygen atoms in total. The van der Waals surface area contributed by atoms with Crippen LogP contribution in [-0.2, 0) is 9.59 Å². The summed E-state index contributed by atoms with van der Waals surface area (Å²) in [5, 5.41) is 9.29. The first-order chi connectivity index (χ1) is 18.5. The number of rotatable bonds is 7. The summed E-state index contributed by atoms with van der Waals surface area (Å²) in [6, 6.07) is 17.4. The van der Waals surface area contributed by atoms with Crippen LogP contribution < -0.4 is 20.0 Å². The average Bonchev–Trinajstić information content (AvgIpc) is 3.53. The van der Waals surface area contributed by atoms with Gasteiger partial charge in [0.25, 0.3) is 12.1 Å². The number of benzene rings is 2. The number of aliphatic imine (C=N–C) groups is 1. The van der Waals surface area contributed by atoms with Crippen LogP contribution in [-0.4, -0.2) is 41.1 Å². The van der Waals surface area contributed by atoms with E-state index in [0.29, 0.717) is 22.5 Å². The number of anilines is 2. The lowest BCUT2D eigenvalue weighted by Gasteiger charge is -2.17. The third-order valence-corrected chi connectivity index (χ3v) is 7.36. The van der Waals surface area contributed by atoms with Crippen LogP contribution in [0.1, 0.15) is 50.2 Å². The smallest absolute Gasteiger partial charge is 0.288 e. The van der Waals surface area contributed by atoms with Gasteiger partial charge < -0.3 is 0 Å². The van der Waals surface area contributed by atoms with E-state index >= 15 is 0 Å². The van der Waals surface area contributed by atoms with E-state index in [1.807, 2.05) is 42.5 Å². The molecule has 0 saturated carbocycles. The molecule has 2 amide bonds. The molecule has 5 rings (SSSR count). The summed E-state index contributed by atoms with van der Waals surface area (Å²) in [6.45, 7) is 6.09. The maximum absolute atomic E-state index is 13.4. The molecule has 2 aromatic carbocycles. The first kappa shape index (κ1) is 25.7. The van der Waals surface area contributed by atoms with Crippen molar-refractivity contribution in [3.63, 3.8) is 0 Å². The lowest BCUT2D eigenvalue weighted by molar-refractivity contribution is -0.759. The number of amidine groups is 1. The number of hydrogen-bond acceptors (Lipinski definition) is 7. The predicted octanol–water partition coefficient (Wildman–Crippen LogP) is 4.32. The molecule has 2 aliphatic heterocycles. The van der Waals surface area contributed by atoms with E-state index in [1.165, 1.54) is 23.7 Å². The summed E-state index contributed by atoms with van der Waals surface area (Å²) in [6.07, 6.45) is 6.88. The van der Waals surface area contributed by atoms with Gasteiger partial charge in [0.2, 0.25) is 11.2 Å². The highest BCUT2D eigenvalue weighted by Crippen LogP contribution is 2.29. The largest absolute Gasteiger partial charge is 0.305 e. The summed E-state index contributed by atoms with van der Waals surface area (Å²) in [7, 11) is 0. The van der Waals surface area contributed by atoms with Gasteiger partial charge in [0.1, 0.15) is 5.70 Å². The fourth-order valence-corrected chi connectivity index (χ4v) is 5.16. The van der Waals surface area contributed by atoms with Crippen molar-refractivity contribution in [1.82, 2.24) is 5.27 Å². The van der Waals surface area contributed by atoms with E-state index in [-0.39, 0.29) is 23.5 Å². The van der Waals surface area contributed by atoms with E-state index < -0.39 is 0 Å². The van der Waals surface area contributed by atoms with Gasteiger partial charge in [0.05, 0.1) is 29.3 Å². The molecule has 1 saturated heterocycles. The quantitative estimate of drug-likeness (QED) is 0.360. The van der Waals surface area contributed by atoms with E-state index in [0.717, 1.165) is 31.5 Å². The molecule has 0 aliphatic carbocycles. The molecular formula is C28H31N6O3S+. The van der Waals surface area contributed by atoms with E-state index in [1.54, 1.807) is 22.0 Å². The number of aromatic nitrogens is 2. The molecule has 1 N–H and O–H groups in total. The summed E-state index contributed by atoms with van der Waals surface area (Å²) < 4.78 is 5.30. The molecule has 0 radical (unpaired) electrons. The van der Waals surface area contributed by atoms with Crippen LogP contribution in [0.2, 0.25) is 0 Å². The van der Waals surface area contributed by atoms with Crippen molar-refractivity contribution in [2.75, 3.05) is 34.1 Å². The van der Waals surface area contributed by atoms with Crippen molar-refractivity contribution in [3.05, 3.63) is 77.6 Å². The zero-order valence-corrected chi connectivity index (χ0v) is 22.4. The van der Waals surface area contributed by atoms with Gasteiger partial charge in [-0.25, -0.2) is 4.99 Å². The van der Waals surface area contributed by atoms with Crippen LogP contribution in [0.3, 0.4) is 0 Å². The Morgan fingerprint density at radius 2 is 1.84 bits per heavy atom. The lowest BCUT2D eigenvalue weighted by atomic mass is 10.0. The molecule has 1 fully saturated rings. The molecule has 0 atom stereocenters. The maximum Gasteiger partial charge on any atom is 0.305 e. The van der Waals surface area contributed by atoms with Gasteiger partial charge in [-0.05, 0) is 54.5 Å².